The molecule has 0 bridgehead atoms. The van der Waals surface area contributed by atoms with E-state index < -0.39 is 23.1 Å². The number of nitrogens with one attached hydrogen (secondary N) is 1. The van der Waals surface area contributed by atoms with Gasteiger partial charge in [-0.2, -0.15) is 5.26 Å². The molecule has 0 aliphatic heterocycles. The number of sulfonamides is 1. The first-order valence-corrected chi connectivity index (χ1v) is 12.1. The summed E-state index contributed by atoms with van der Waals surface area (Å²) in [5.41, 5.74) is 3.23. The van der Waals surface area contributed by atoms with Crippen LogP contribution in [0.1, 0.15) is 37.8 Å². The molecule has 1 fully saturated rings. The van der Waals surface area contributed by atoms with Crippen molar-refractivity contribution in [2.75, 3.05) is 17.1 Å². The van der Waals surface area contributed by atoms with Gasteiger partial charge < -0.3 is 9.30 Å². The number of rotatable bonds is 8. The van der Waals surface area contributed by atoms with E-state index in [0.29, 0.717) is 17.0 Å². The summed E-state index contributed by atoms with van der Waals surface area (Å²) in [5.74, 6) is 0.301. The lowest BCUT2D eigenvalue weighted by molar-refractivity contribution is 0.0819. The zero-order valence-corrected chi connectivity index (χ0v) is 18.3. The van der Waals surface area contributed by atoms with Crippen LogP contribution in [0, 0.1) is 11.3 Å². The van der Waals surface area contributed by atoms with E-state index in [-0.39, 0.29) is 11.8 Å². The van der Waals surface area contributed by atoms with Crippen molar-refractivity contribution in [1.82, 2.24) is 4.57 Å². The quantitative estimate of drug-likeness (QED) is 0.495. The van der Waals surface area contributed by atoms with Crippen LogP contribution in [0.2, 0.25) is 0 Å². The predicted molar refractivity (Wildman–Crippen MR) is 120 cm³/mol. The Hall–Kier alpha value is -3.12. The Morgan fingerprint density at radius 3 is 2.50 bits per heavy atom. The number of nitriles is 1. The summed E-state index contributed by atoms with van der Waals surface area (Å²) in [6.07, 6.45) is 0.416. The Labute approximate surface area is 185 Å². The second-order valence-corrected chi connectivity index (χ2v) is 9.76. The van der Waals surface area contributed by atoms with Crippen molar-refractivity contribution in [2.45, 2.75) is 38.7 Å². The maximum absolute atomic E-state index is 12.6. The van der Waals surface area contributed by atoms with Crippen molar-refractivity contribution >= 4 is 26.6 Å². The number of ether oxygens (including phenoxy) is 1. The fraction of sp³-hybridized carbons (Fsp3) is 0.348. The van der Waals surface area contributed by atoms with E-state index in [4.69, 9.17) is 4.74 Å². The number of alkyl halides is 2. The fourth-order valence-electron chi connectivity index (χ4n) is 3.91. The van der Waals surface area contributed by atoms with Crippen LogP contribution in [0.5, 0.6) is 5.75 Å². The standard InChI is InChI=1S/C23H23F2N3O3S/c1-2-32(29,30)27-16-8-6-15(7-9-16)23-20(13-26)19-11-10-18(31-14-22(24)25)12-21(19)28(23)17-4-3-5-17/h6-12,17,22,27H,2-5,14H2,1H3. The van der Waals surface area contributed by atoms with Gasteiger partial charge in [-0.25, -0.2) is 17.2 Å². The highest BCUT2D eigenvalue weighted by Crippen LogP contribution is 2.43. The third kappa shape index (κ3) is 4.28. The van der Waals surface area contributed by atoms with Gasteiger partial charge in [-0.1, -0.05) is 12.1 Å². The van der Waals surface area contributed by atoms with Gasteiger partial charge in [-0.3, -0.25) is 4.72 Å². The molecule has 0 spiro atoms. The van der Waals surface area contributed by atoms with Crippen molar-refractivity contribution in [3.63, 3.8) is 0 Å². The molecule has 1 heterocycles. The Balaban J connectivity index is 1.82. The van der Waals surface area contributed by atoms with Crippen molar-refractivity contribution in [2.24, 2.45) is 0 Å². The molecule has 1 N–H and O–H groups in total. The third-order valence-electron chi connectivity index (χ3n) is 5.72. The molecule has 0 saturated heterocycles. The molecule has 0 amide bonds. The minimum atomic E-state index is -3.39. The van der Waals surface area contributed by atoms with Crippen LogP contribution in [0.3, 0.4) is 0 Å². The molecule has 9 heteroatoms. The number of benzene rings is 2. The van der Waals surface area contributed by atoms with Crippen LogP contribution in [0.15, 0.2) is 42.5 Å². The maximum Gasteiger partial charge on any atom is 0.272 e. The summed E-state index contributed by atoms with van der Waals surface area (Å²) in [5, 5.41) is 10.7. The number of aromatic nitrogens is 1. The first kappa shape index (κ1) is 22.1. The smallest absolute Gasteiger partial charge is 0.272 e. The van der Waals surface area contributed by atoms with E-state index in [2.05, 4.69) is 15.4 Å². The lowest BCUT2D eigenvalue weighted by atomic mass is 9.92. The molecule has 0 atom stereocenters. The zero-order chi connectivity index (χ0) is 22.9. The fourth-order valence-corrected chi connectivity index (χ4v) is 4.55. The van der Waals surface area contributed by atoms with Crippen molar-refractivity contribution in [1.29, 1.82) is 5.26 Å². The Morgan fingerprint density at radius 2 is 1.94 bits per heavy atom. The Bertz CT molecular complexity index is 1270. The van der Waals surface area contributed by atoms with Crippen molar-refractivity contribution in [3.8, 4) is 23.1 Å². The molecule has 0 unspecified atom stereocenters. The van der Waals surface area contributed by atoms with Gasteiger partial charge in [0.2, 0.25) is 10.0 Å². The Morgan fingerprint density at radius 1 is 1.22 bits per heavy atom. The number of hydrogen-bond acceptors (Lipinski definition) is 4. The summed E-state index contributed by atoms with van der Waals surface area (Å²) in [7, 11) is -3.39. The van der Waals surface area contributed by atoms with E-state index in [1.807, 2.05) is 0 Å². The molecule has 168 valence electrons. The number of nitrogens with zero attached hydrogens (tertiary/aromatic N) is 2. The number of fused-ring (bicyclic) bond motifs is 1. The largest absolute Gasteiger partial charge is 0.488 e. The first-order valence-electron chi connectivity index (χ1n) is 10.4. The molecule has 1 aliphatic carbocycles. The van der Waals surface area contributed by atoms with E-state index in [0.717, 1.165) is 41.4 Å². The zero-order valence-electron chi connectivity index (χ0n) is 17.5. The molecule has 1 aliphatic rings. The van der Waals surface area contributed by atoms with Gasteiger partial charge in [0, 0.05) is 23.2 Å². The molecule has 1 saturated carbocycles. The van der Waals surface area contributed by atoms with E-state index in [1.165, 1.54) is 0 Å². The van der Waals surface area contributed by atoms with E-state index >= 15 is 0 Å². The second-order valence-electron chi connectivity index (χ2n) is 7.75. The van der Waals surface area contributed by atoms with Crippen LogP contribution >= 0.6 is 0 Å². The molecule has 32 heavy (non-hydrogen) atoms. The third-order valence-corrected chi connectivity index (χ3v) is 7.02. The SMILES string of the molecule is CCS(=O)(=O)Nc1ccc(-c2c(C#N)c3ccc(OCC(F)F)cc3n2C2CCC2)cc1. The monoisotopic (exact) mass is 459 g/mol. The summed E-state index contributed by atoms with van der Waals surface area (Å²) in [6.45, 7) is 0.870. The summed E-state index contributed by atoms with van der Waals surface area (Å²) in [4.78, 5) is 0. The van der Waals surface area contributed by atoms with E-state index in [1.54, 1.807) is 49.4 Å². The lowest BCUT2D eigenvalue weighted by Crippen LogP contribution is -2.18. The van der Waals surface area contributed by atoms with Crippen LogP contribution in [-0.4, -0.2) is 31.8 Å². The highest BCUT2D eigenvalue weighted by Gasteiger charge is 2.28. The van der Waals surface area contributed by atoms with Gasteiger partial charge in [0.05, 0.1) is 22.5 Å². The lowest BCUT2D eigenvalue weighted by Gasteiger charge is -2.30. The van der Waals surface area contributed by atoms with Crippen molar-refractivity contribution in [3.05, 3.63) is 48.0 Å². The number of hydrogen-bond donors (Lipinski definition) is 1. The summed E-state index contributed by atoms with van der Waals surface area (Å²) in [6, 6.07) is 14.4. The summed E-state index contributed by atoms with van der Waals surface area (Å²) >= 11 is 0. The van der Waals surface area contributed by atoms with Gasteiger partial charge >= 0.3 is 0 Å². The molecule has 1 aromatic heterocycles. The van der Waals surface area contributed by atoms with Gasteiger partial charge in [-0.05, 0) is 56.0 Å². The van der Waals surface area contributed by atoms with Crippen LogP contribution in [0.25, 0.3) is 22.2 Å². The second kappa shape index (κ2) is 8.79. The summed E-state index contributed by atoms with van der Waals surface area (Å²) < 4.78 is 58.7. The van der Waals surface area contributed by atoms with Gasteiger partial charge in [-0.15, -0.1) is 0 Å². The van der Waals surface area contributed by atoms with Gasteiger partial charge in [0.1, 0.15) is 18.4 Å². The first-order chi connectivity index (χ1) is 15.3. The van der Waals surface area contributed by atoms with Gasteiger partial charge in [0.25, 0.3) is 6.43 Å². The average Bonchev–Trinajstić information content (AvgIpc) is 3.04. The van der Waals surface area contributed by atoms with E-state index in [9.17, 15) is 22.5 Å². The predicted octanol–water partition coefficient (Wildman–Crippen LogP) is 5.31. The van der Waals surface area contributed by atoms with Crippen LogP contribution < -0.4 is 9.46 Å². The number of halogens is 2. The van der Waals surface area contributed by atoms with Crippen LogP contribution in [-0.2, 0) is 10.0 Å². The van der Waals surface area contributed by atoms with Crippen LogP contribution in [0.4, 0.5) is 14.5 Å². The minimum Gasteiger partial charge on any atom is -0.488 e. The molecule has 3 aromatic rings. The number of anilines is 1. The van der Waals surface area contributed by atoms with Crippen molar-refractivity contribution < 1.29 is 21.9 Å². The molecule has 6 nitrogen and oxygen atoms in total. The average molecular weight is 460 g/mol. The molecule has 2 aromatic carbocycles. The molecular weight excluding hydrogens is 436 g/mol. The Kier molecular flexibility index (Phi) is 6.07. The highest BCUT2D eigenvalue weighted by atomic mass is 32.2. The molecule has 0 radical (unpaired) electrons. The highest BCUT2D eigenvalue weighted by molar-refractivity contribution is 7.92. The molecule has 4 rings (SSSR count). The topological polar surface area (TPSA) is 84.1 Å². The molecular formula is C23H23F2N3O3S. The normalized spacial score (nSPS) is 14.3. The van der Waals surface area contributed by atoms with Gasteiger partial charge in [0.15, 0.2) is 0 Å². The maximum atomic E-state index is 12.6. The minimum absolute atomic E-state index is 0.0286.